The second kappa shape index (κ2) is 11.5. The van der Waals surface area contributed by atoms with Gasteiger partial charge in [-0.1, -0.05) is 11.6 Å². The van der Waals surface area contributed by atoms with Gasteiger partial charge in [0.25, 0.3) is 11.5 Å². The Morgan fingerprint density at radius 3 is 2.50 bits per heavy atom. The van der Waals surface area contributed by atoms with Crippen LogP contribution < -0.4 is 15.6 Å². The van der Waals surface area contributed by atoms with Gasteiger partial charge in [-0.3, -0.25) is 9.59 Å². The Morgan fingerprint density at radius 2 is 1.84 bits per heavy atom. The predicted octanol–water partition coefficient (Wildman–Crippen LogP) is 3.86. The van der Waals surface area contributed by atoms with E-state index in [1.807, 2.05) is 0 Å². The lowest BCUT2D eigenvalue weighted by Crippen LogP contribution is -2.30. The summed E-state index contributed by atoms with van der Waals surface area (Å²) in [4.78, 5) is 43.8. The first-order chi connectivity index (χ1) is 17.8. The van der Waals surface area contributed by atoms with Gasteiger partial charge in [0.1, 0.15) is 40.7 Å². The predicted molar refractivity (Wildman–Crippen MR) is 123 cm³/mol. The number of pyridine rings is 1. The van der Waals surface area contributed by atoms with Crippen LogP contribution >= 0.6 is 11.6 Å². The summed E-state index contributed by atoms with van der Waals surface area (Å²) in [5, 5.41) is 1.87. The van der Waals surface area contributed by atoms with Crippen molar-refractivity contribution in [2.45, 2.75) is 33.2 Å². The zero-order chi connectivity index (χ0) is 28.2. The molecule has 0 bridgehead atoms. The maximum Gasteiger partial charge on any atom is 0.490 e. The van der Waals surface area contributed by atoms with Crippen LogP contribution in [0.3, 0.4) is 0 Å². The molecule has 38 heavy (non-hydrogen) atoms. The Balaban J connectivity index is 1.79. The van der Waals surface area contributed by atoms with E-state index in [0.29, 0.717) is 11.8 Å². The number of aromatic nitrogens is 3. The molecule has 2 heterocycles. The van der Waals surface area contributed by atoms with Gasteiger partial charge in [0.2, 0.25) is 0 Å². The highest BCUT2D eigenvalue weighted by molar-refractivity contribution is 6.31. The second-order valence-corrected chi connectivity index (χ2v) is 8.17. The Morgan fingerprint density at radius 1 is 1.13 bits per heavy atom. The molecular weight excluding hydrogens is 543 g/mol. The summed E-state index contributed by atoms with van der Waals surface area (Å²) < 4.78 is 74.4. The molecule has 0 spiro atoms. The van der Waals surface area contributed by atoms with Crippen molar-refractivity contribution in [3.8, 4) is 5.75 Å². The molecular formula is C23H18ClF5N4O5. The van der Waals surface area contributed by atoms with Gasteiger partial charge in [-0.15, -0.1) is 0 Å². The van der Waals surface area contributed by atoms with Gasteiger partial charge in [0.05, 0.1) is 6.54 Å². The van der Waals surface area contributed by atoms with Crippen LogP contribution in [0, 0.1) is 25.5 Å². The number of hydrogen-bond donors (Lipinski definition) is 1. The van der Waals surface area contributed by atoms with Crippen molar-refractivity contribution in [1.29, 1.82) is 0 Å². The fourth-order valence-electron chi connectivity index (χ4n) is 3.08. The summed E-state index contributed by atoms with van der Waals surface area (Å²) in [6.07, 6.45) is -3.99. The van der Waals surface area contributed by atoms with Crippen molar-refractivity contribution in [2.75, 3.05) is 11.9 Å². The fraction of sp³-hybridized carbons (Fsp3) is 0.261. The molecule has 1 amide bonds. The van der Waals surface area contributed by atoms with Crippen molar-refractivity contribution >= 4 is 29.3 Å². The average Bonchev–Trinajstić information content (AvgIpc) is 2.83. The number of carbonyl (C=O) groups is 2. The minimum atomic E-state index is -5.27. The molecule has 15 heteroatoms. The Hall–Kier alpha value is -4.07. The lowest BCUT2D eigenvalue weighted by Gasteiger charge is -2.16. The van der Waals surface area contributed by atoms with E-state index in [0.717, 1.165) is 6.07 Å². The van der Waals surface area contributed by atoms with Crippen LogP contribution in [0.5, 0.6) is 5.75 Å². The first kappa shape index (κ1) is 28.5. The lowest BCUT2D eigenvalue weighted by molar-refractivity contribution is -0.199. The molecule has 0 aliphatic carbocycles. The lowest BCUT2D eigenvalue weighted by atomic mass is 10.2. The van der Waals surface area contributed by atoms with Crippen molar-refractivity contribution in [1.82, 2.24) is 14.5 Å². The van der Waals surface area contributed by atoms with E-state index < -0.39 is 41.9 Å². The first-order valence-electron chi connectivity index (χ1n) is 10.6. The third-order valence-corrected chi connectivity index (χ3v) is 5.30. The number of benzene rings is 1. The van der Waals surface area contributed by atoms with Gasteiger partial charge in [0.15, 0.2) is 6.61 Å². The van der Waals surface area contributed by atoms with E-state index in [1.165, 1.54) is 36.7 Å². The van der Waals surface area contributed by atoms with Gasteiger partial charge in [-0.2, -0.15) is 13.2 Å². The molecule has 0 aliphatic heterocycles. The van der Waals surface area contributed by atoms with Crippen molar-refractivity contribution in [2.24, 2.45) is 0 Å². The molecule has 0 aliphatic rings. The molecule has 3 rings (SSSR count). The van der Waals surface area contributed by atoms with E-state index in [-0.39, 0.29) is 46.7 Å². The second-order valence-electron chi connectivity index (χ2n) is 7.79. The number of alkyl halides is 3. The monoisotopic (exact) mass is 560 g/mol. The number of nitrogens with zero attached hydrogens (tertiary/aromatic N) is 3. The van der Waals surface area contributed by atoms with Gasteiger partial charge < -0.3 is 19.4 Å². The number of anilines is 1. The molecule has 202 valence electrons. The van der Waals surface area contributed by atoms with Crippen molar-refractivity contribution in [3.05, 3.63) is 80.1 Å². The number of rotatable bonds is 8. The smallest absolute Gasteiger partial charge is 0.487 e. The third-order valence-electron chi connectivity index (χ3n) is 4.95. The molecule has 0 fully saturated rings. The van der Waals surface area contributed by atoms with E-state index in [4.69, 9.17) is 16.3 Å². The largest absolute Gasteiger partial charge is 0.490 e. The van der Waals surface area contributed by atoms with E-state index in [1.54, 1.807) is 0 Å². The van der Waals surface area contributed by atoms with Gasteiger partial charge in [0, 0.05) is 35.2 Å². The molecule has 1 N–H and O–H groups in total. The Kier molecular flexibility index (Phi) is 8.66. The topological polar surface area (TPSA) is 112 Å². The van der Waals surface area contributed by atoms with E-state index >= 15 is 0 Å². The molecule has 0 radical (unpaired) electrons. The highest BCUT2D eigenvalue weighted by atomic mass is 35.5. The van der Waals surface area contributed by atoms with Crippen LogP contribution in [0.25, 0.3) is 0 Å². The summed E-state index contributed by atoms with van der Waals surface area (Å²) in [7, 11) is 0. The molecule has 0 saturated carbocycles. The quantitative estimate of drug-likeness (QED) is 0.329. The minimum Gasteiger partial charge on any atom is -0.487 e. The average molecular weight is 561 g/mol. The summed E-state index contributed by atoms with van der Waals surface area (Å²) in [6, 6.07) is 4.32. The van der Waals surface area contributed by atoms with Crippen LogP contribution in [0.4, 0.5) is 27.8 Å². The number of carbonyl (C=O) groups excluding carboxylic acids is 2. The first-order valence-corrected chi connectivity index (χ1v) is 11.0. The maximum atomic E-state index is 13.9. The summed E-state index contributed by atoms with van der Waals surface area (Å²) in [5.74, 6) is -5.26. The molecule has 3 aromatic rings. The van der Waals surface area contributed by atoms with Crippen LogP contribution in [0.1, 0.15) is 22.6 Å². The minimum absolute atomic E-state index is 0.0300. The fourth-order valence-corrected chi connectivity index (χ4v) is 3.29. The number of amides is 1. The molecule has 9 nitrogen and oxygen atoms in total. The van der Waals surface area contributed by atoms with Crippen LogP contribution in [0.2, 0.25) is 5.02 Å². The number of nitrogens with one attached hydrogen (secondary N) is 1. The summed E-state index contributed by atoms with van der Waals surface area (Å²) >= 11 is 6.17. The van der Waals surface area contributed by atoms with Crippen LogP contribution in [-0.2, 0) is 27.5 Å². The van der Waals surface area contributed by atoms with Crippen LogP contribution in [0.15, 0.2) is 35.3 Å². The Bertz CT molecular complexity index is 1440. The summed E-state index contributed by atoms with van der Waals surface area (Å²) in [5.41, 5.74) is -0.194. The number of esters is 1. The van der Waals surface area contributed by atoms with Crippen LogP contribution in [-0.4, -0.2) is 39.2 Å². The molecule has 1 aromatic carbocycles. The normalized spacial score (nSPS) is 11.3. The number of halogens is 6. The number of ether oxygens (including phenoxy) is 2. The molecule has 0 unspecified atom stereocenters. The van der Waals surface area contributed by atoms with E-state index in [2.05, 4.69) is 20.0 Å². The molecule has 0 saturated heterocycles. The highest BCUT2D eigenvalue weighted by Crippen LogP contribution is 2.25. The van der Waals surface area contributed by atoms with Gasteiger partial charge >= 0.3 is 12.1 Å². The number of aryl methyl sites for hydroxylation is 2. The highest BCUT2D eigenvalue weighted by Gasteiger charge is 2.41. The SMILES string of the molecule is Cc1ncc(Cn2c(C)cc(OCc3ccc(F)cc3F)c(Cl)c2=O)c(NC(=O)COC(=O)C(F)(F)F)n1. The van der Waals surface area contributed by atoms with Gasteiger partial charge in [-0.05, 0) is 26.0 Å². The maximum absolute atomic E-state index is 13.9. The molecule has 0 atom stereocenters. The zero-order valence-corrected chi connectivity index (χ0v) is 20.4. The standard InChI is InChI=1S/C23H18ClF5N4O5/c1-11-5-17(37-9-13-3-4-15(25)6-16(13)26)19(24)21(35)33(11)8-14-7-30-12(2)31-20(14)32-18(34)10-38-22(36)23(27,28)29/h3-7H,8-10H2,1-2H3,(H,30,31,32,34). The zero-order valence-electron chi connectivity index (χ0n) is 19.7. The van der Waals surface area contributed by atoms with E-state index in [9.17, 15) is 36.3 Å². The number of hydrogen-bond acceptors (Lipinski definition) is 7. The van der Waals surface area contributed by atoms with Crippen molar-refractivity contribution in [3.63, 3.8) is 0 Å². The Labute approximate surface area is 216 Å². The third kappa shape index (κ3) is 7.03. The van der Waals surface area contributed by atoms with Gasteiger partial charge in [-0.25, -0.2) is 23.5 Å². The molecule has 2 aromatic heterocycles. The van der Waals surface area contributed by atoms with Crippen molar-refractivity contribution < 1.29 is 41.0 Å². The summed E-state index contributed by atoms with van der Waals surface area (Å²) in [6.45, 7) is 1.22.